The highest BCUT2D eigenvalue weighted by molar-refractivity contribution is 5.79. The second-order valence-electron chi connectivity index (χ2n) is 8.04. The molecule has 4 N–H and O–H groups in total. The van der Waals surface area contributed by atoms with Crippen LogP contribution in [0.15, 0.2) is 42.6 Å². The number of ether oxygens (including phenoxy) is 1. The molecule has 154 valence electrons. The predicted molar refractivity (Wildman–Crippen MR) is 113 cm³/mol. The maximum atomic E-state index is 12.9. The summed E-state index contributed by atoms with van der Waals surface area (Å²) >= 11 is 0. The average Bonchev–Trinajstić information content (AvgIpc) is 3.25. The first-order valence-electron chi connectivity index (χ1n) is 10.7. The van der Waals surface area contributed by atoms with Gasteiger partial charge in [0.05, 0.1) is 24.5 Å². The summed E-state index contributed by atoms with van der Waals surface area (Å²) in [6.07, 6.45) is 11.5. The molecule has 4 rings (SSSR count). The van der Waals surface area contributed by atoms with Gasteiger partial charge in [-0.3, -0.25) is 4.79 Å². The highest BCUT2D eigenvalue weighted by Gasteiger charge is 2.28. The minimum atomic E-state index is -0.160. The highest BCUT2D eigenvalue weighted by Crippen LogP contribution is 2.31. The molecule has 0 spiro atoms. The van der Waals surface area contributed by atoms with Gasteiger partial charge < -0.3 is 20.8 Å². The number of imidazole rings is 1. The normalized spacial score (nSPS) is 25.6. The summed E-state index contributed by atoms with van der Waals surface area (Å²) in [6, 6.07) is 7.80. The number of fused-ring (bicyclic) bond motifs is 4. The first-order valence-corrected chi connectivity index (χ1v) is 10.7. The summed E-state index contributed by atoms with van der Waals surface area (Å²) in [5, 5.41) is 3.25. The number of hydrogen-bond donors (Lipinski definition) is 3. The number of nitrogens with one attached hydrogen (secondary N) is 2. The summed E-state index contributed by atoms with van der Waals surface area (Å²) < 4.78 is 5.94. The van der Waals surface area contributed by atoms with Gasteiger partial charge in [0.15, 0.2) is 0 Å². The van der Waals surface area contributed by atoms with Crippen LogP contribution in [-0.2, 0) is 4.79 Å². The molecular formula is C23H30N4O2. The van der Waals surface area contributed by atoms with Crippen LogP contribution in [-0.4, -0.2) is 29.0 Å². The third kappa shape index (κ3) is 4.70. The Kier molecular flexibility index (Phi) is 6.30. The molecule has 6 heteroatoms. The summed E-state index contributed by atoms with van der Waals surface area (Å²) in [5.74, 6) is 2.40. The van der Waals surface area contributed by atoms with E-state index in [-0.39, 0.29) is 17.9 Å². The number of amides is 1. The lowest BCUT2D eigenvalue weighted by Crippen LogP contribution is -2.36. The van der Waals surface area contributed by atoms with E-state index in [0.717, 1.165) is 61.5 Å². The van der Waals surface area contributed by atoms with Crippen LogP contribution in [0.2, 0.25) is 0 Å². The van der Waals surface area contributed by atoms with Crippen molar-refractivity contribution in [3.63, 3.8) is 0 Å². The summed E-state index contributed by atoms with van der Waals surface area (Å²) in [4.78, 5) is 20.9. The number of aromatic amines is 1. The van der Waals surface area contributed by atoms with Crippen molar-refractivity contribution in [2.24, 2.45) is 17.6 Å². The predicted octanol–water partition coefficient (Wildman–Crippen LogP) is 3.73. The lowest BCUT2D eigenvalue weighted by molar-refractivity contribution is -0.127. The van der Waals surface area contributed by atoms with Crippen molar-refractivity contribution in [3.05, 3.63) is 48.4 Å². The number of H-pyrrole nitrogens is 1. The molecule has 29 heavy (non-hydrogen) atoms. The molecule has 1 fully saturated rings. The van der Waals surface area contributed by atoms with Crippen LogP contribution >= 0.6 is 0 Å². The Morgan fingerprint density at radius 3 is 2.86 bits per heavy atom. The molecule has 1 amide bonds. The van der Waals surface area contributed by atoms with Crippen molar-refractivity contribution in [1.29, 1.82) is 0 Å². The van der Waals surface area contributed by atoms with E-state index in [1.165, 1.54) is 0 Å². The number of nitrogens with two attached hydrogens (primary N) is 1. The second kappa shape index (κ2) is 9.27. The standard InChI is InChI=1S/C23H30N4O2/c24-14-16-9-11-17(12-10-16)23(28)27-19-7-2-1-5-13-29-21-8-4-3-6-18(21)20-15-25-22(19)26-20/h1-4,6,8,15-17,19H,5,7,9-14,24H2,(H,25,26)(H,27,28)/b2-1+/t16?,17?,19-/m0/s1. The molecule has 1 saturated carbocycles. The van der Waals surface area contributed by atoms with Gasteiger partial charge in [-0.1, -0.05) is 24.3 Å². The first kappa shape index (κ1) is 19.7. The van der Waals surface area contributed by atoms with Crippen LogP contribution in [0.5, 0.6) is 5.75 Å². The van der Waals surface area contributed by atoms with E-state index in [9.17, 15) is 4.79 Å². The fourth-order valence-electron chi connectivity index (χ4n) is 4.24. The van der Waals surface area contributed by atoms with Crippen LogP contribution in [0, 0.1) is 11.8 Å². The van der Waals surface area contributed by atoms with Crippen LogP contribution in [0.4, 0.5) is 0 Å². The van der Waals surface area contributed by atoms with Crippen molar-refractivity contribution >= 4 is 5.91 Å². The number of hydrogen-bond acceptors (Lipinski definition) is 4. The van der Waals surface area contributed by atoms with E-state index in [0.29, 0.717) is 18.9 Å². The van der Waals surface area contributed by atoms with Crippen molar-refractivity contribution < 1.29 is 9.53 Å². The average molecular weight is 395 g/mol. The van der Waals surface area contributed by atoms with E-state index in [1.807, 2.05) is 30.5 Å². The zero-order valence-corrected chi connectivity index (χ0v) is 16.8. The van der Waals surface area contributed by atoms with E-state index in [4.69, 9.17) is 10.5 Å². The van der Waals surface area contributed by atoms with Crippen LogP contribution < -0.4 is 15.8 Å². The maximum absolute atomic E-state index is 12.9. The van der Waals surface area contributed by atoms with Gasteiger partial charge in [0.1, 0.15) is 11.6 Å². The van der Waals surface area contributed by atoms with E-state index >= 15 is 0 Å². The molecule has 0 saturated heterocycles. The zero-order chi connectivity index (χ0) is 20.1. The minimum Gasteiger partial charge on any atom is -0.493 e. The number of carbonyl (C=O) groups excluding carboxylic acids is 1. The Hall–Kier alpha value is -2.60. The van der Waals surface area contributed by atoms with Crippen LogP contribution in [0.3, 0.4) is 0 Å². The van der Waals surface area contributed by atoms with Crippen LogP contribution in [0.25, 0.3) is 11.3 Å². The van der Waals surface area contributed by atoms with Crippen molar-refractivity contribution in [3.8, 4) is 17.0 Å². The molecule has 6 nitrogen and oxygen atoms in total. The fourth-order valence-corrected chi connectivity index (χ4v) is 4.24. The van der Waals surface area contributed by atoms with Crippen molar-refractivity contribution in [2.75, 3.05) is 13.2 Å². The number of carbonyl (C=O) groups is 1. The fraction of sp³-hybridized carbons (Fsp3) is 0.478. The van der Waals surface area contributed by atoms with Crippen LogP contribution in [0.1, 0.15) is 50.4 Å². The SMILES string of the molecule is NCC1CCC(C(=O)N[C@H]2C/C=C/CCOc3ccccc3-c3cnc2[nH]3)CC1. The molecule has 0 unspecified atom stereocenters. The molecule has 2 bridgehead atoms. The van der Waals surface area contributed by atoms with Gasteiger partial charge in [-0.25, -0.2) is 4.98 Å². The number of rotatable bonds is 3. The minimum absolute atomic E-state index is 0.0757. The van der Waals surface area contributed by atoms with E-state index < -0.39 is 0 Å². The molecule has 1 aromatic heterocycles. The highest BCUT2D eigenvalue weighted by atomic mass is 16.5. The Bertz CT molecular complexity index is 852. The first-order chi connectivity index (χ1) is 14.2. The number of nitrogens with zero attached hydrogens (tertiary/aromatic N) is 1. The monoisotopic (exact) mass is 394 g/mol. The van der Waals surface area contributed by atoms with Gasteiger partial charge in [-0.2, -0.15) is 0 Å². The van der Waals surface area contributed by atoms with Gasteiger partial charge in [-0.15, -0.1) is 0 Å². The van der Waals surface area contributed by atoms with Gasteiger partial charge in [0.2, 0.25) is 5.91 Å². The van der Waals surface area contributed by atoms with E-state index in [2.05, 4.69) is 27.4 Å². The molecule has 1 aliphatic heterocycles. The van der Waals surface area contributed by atoms with Gasteiger partial charge in [0.25, 0.3) is 0 Å². The Morgan fingerprint density at radius 1 is 1.21 bits per heavy atom. The van der Waals surface area contributed by atoms with Gasteiger partial charge in [0, 0.05) is 11.5 Å². The molecule has 1 atom stereocenters. The molecule has 0 radical (unpaired) electrons. The third-order valence-electron chi connectivity index (χ3n) is 6.05. The molecular weight excluding hydrogens is 364 g/mol. The van der Waals surface area contributed by atoms with E-state index in [1.54, 1.807) is 0 Å². The van der Waals surface area contributed by atoms with Crippen molar-refractivity contribution in [1.82, 2.24) is 15.3 Å². The molecule has 2 aliphatic rings. The second-order valence-corrected chi connectivity index (χ2v) is 8.04. The largest absolute Gasteiger partial charge is 0.493 e. The zero-order valence-electron chi connectivity index (χ0n) is 16.8. The third-order valence-corrected chi connectivity index (χ3v) is 6.05. The Morgan fingerprint density at radius 2 is 2.03 bits per heavy atom. The van der Waals surface area contributed by atoms with Gasteiger partial charge in [-0.05, 0) is 63.1 Å². The molecule has 1 aliphatic carbocycles. The van der Waals surface area contributed by atoms with Crippen molar-refractivity contribution in [2.45, 2.75) is 44.6 Å². The molecule has 1 aromatic carbocycles. The Balaban J connectivity index is 1.53. The molecule has 2 heterocycles. The number of para-hydroxylation sites is 1. The van der Waals surface area contributed by atoms with Gasteiger partial charge >= 0.3 is 0 Å². The maximum Gasteiger partial charge on any atom is 0.223 e. The lowest BCUT2D eigenvalue weighted by Gasteiger charge is -2.28. The smallest absolute Gasteiger partial charge is 0.223 e. The summed E-state index contributed by atoms with van der Waals surface area (Å²) in [6.45, 7) is 1.35. The lowest BCUT2D eigenvalue weighted by atomic mass is 9.81. The number of aromatic nitrogens is 2. The number of benzene rings is 1. The quantitative estimate of drug-likeness (QED) is 0.692. The summed E-state index contributed by atoms with van der Waals surface area (Å²) in [5.41, 5.74) is 7.68. The molecule has 2 aromatic rings. The summed E-state index contributed by atoms with van der Waals surface area (Å²) in [7, 11) is 0. The topological polar surface area (TPSA) is 93.0 Å². The Labute approximate surface area is 171 Å².